The summed E-state index contributed by atoms with van der Waals surface area (Å²) in [6, 6.07) is 10.2. The van der Waals surface area contributed by atoms with E-state index in [1.165, 1.54) is 5.56 Å². The molecule has 3 aromatic rings. The van der Waals surface area contributed by atoms with Crippen LogP contribution in [0.1, 0.15) is 11.1 Å². The minimum Gasteiger partial charge on any atom is -0.384 e. The van der Waals surface area contributed by atoms with Crippen LogP contribution < -0.4 is 5.73 Å². The molecule has 1 aromatic carbocycles. The predicted octanol–water partition coefficient (Wildman–Crippen LogP) is 2.37. The zero-order valence-corrected chi connectivity index (χ0v) is 10.2. The number of nitrogen functional groups attached to an aromatic ring is 1. The number of nitrogens with zero attached hydrogens (tertiary/aromatic N) is 3. The van der Waals surface area contributed by atoms with E-state index in [-0.39, 0.29) is 0 Å². The summed E-state index contributed by atoms with van der Waals surface area (Å²) in [5.74, 6) is 0.723. The van der Waals surface area contributed by atoms with Crippen LogP contribution in [0.4, 0.5) is 5.82 Å². The van der Waals surface area contributed by atoms with Crippen molar-refractivity contribution in [3.63, 3.8) is 0 Å². The first-order valence-electron chi connectivity index (χ1n) is 5.85. The number of benzene rings is 1. The molecule has 0 bridgehead atoms. The molecule has 0 radical (unpaired) electrons. The van der Waals surface area contributed by atoms with Gasteiger partial charge in [0.15, 0.2) is 0 Å². The first-order valence-corrected chi connectivity index (χ1v) is 5.85. The zero-order chi connectivity index (χ0) is 12.5. The first-order chi connectivity index (χ1) is 8.74. The van der Waals surface area contributed by atoms with E-state index in [1.54, 1.807) is 12.4 Å². The van der Waals surface area contributed by atoms with Gasteiger partial charge >= 0.3 is 0 Å². The Labute approximate surface area is 105 Å². The average Bonchev–Trinajstić information content (AvgIpc) is 2.71. The third-order valence-electron chi connectivity index (χ3n) is 3.07. The third kappa shape index (κ3) is 1.82. The highest BCUT2D eigenvalue weighted by atomic mass is 15.3. The quantitative estimate of drug-likeness (QED) is 0.745. The lowest BCUT2D eigenvalue weighted by Crippen LogP contribution is -2.06. The van der Waals surface area contributed by atoms with Crippen molar-refractivity contribution in [2.24, 2.45) is 0 Å². The van der Waals surface area contributed by atoms with Gasteiger partial charge in [-0.2, -0.15) is 5.10 Å². The summed E-state index contributed by atoms with van der Waals surface area (Å²) >= 11 is 0. The number of pyridine rings is 1. The number of hydrogen-bond acceptors (Lipinski definition) is 3. The molecular formula is C14H14N4. The Morgan fingerprint density at radius 3 is 2.94 bits per heavy atom. The minimum atomic E-state index is 0.685. The standard InChI is InChI=1S/C14H14N4/c1-10-8-17-18(14(10)15)9-11-4-5-13-12(7-11)3-2-6-16-13/h2-8H,9,15H2,1H3. The van der Waals surface area contributed by atoms with Gasteiger partial charge in [-0.1, -0.05) is 12.1 Å². The van der Waals surface area contributed by atoms with Gasteiger partial charge in [-0.05, 0) is 30.7 Å². The van der Waals surface area contributed by atoms with Gasteiger partial charge in [0.25, 0.3) is 0 Å². The maximum atomic E-state index is 5.95. The summed E-state index contributed by atoms with van der Waals surface area (Å²) < 4.78 is 1.81. The van der Waals surface area contributed by atoms with Gasteiger partial charge in [-0.15, -0.1) is 0 Å². The largest absolute Gasteiger partial charge is 0.384 e. The molecule has 0 saturated carbocycles. The van der Waals surface area contributed by atoms with Crippen molar-refractivity contribution in [2.75, 3.05) is 5.73 Å². The van der Waals surface area contributed by atoms with Crippen LogP contribution in [0.25, 0.3) is 10.9 Å². The summed E-state index contributed by atoms with van der Waals surface area (Å²) in [4.78, 5) is 4.30. The maximum absolute atomic E-state index is 5.95. The smallest absolute Gasteiger partial charge is 0.124 e. The van der Waals surface area contributed by atoms with E-state index in [9.17, 15) is 0 Å². The normalized spacial score (nSPS) is 10.9. The molecule has 0 aliphatic rings. The molecule has 90 valence electrons. The van der Waals surface area contributed by atoms with Gasteiger partial charge in [0, 0.05) is 17.1 Å². The Morgan fingerprint density at radius 1 is 1.28 bits per heavy atom. The van der Waals surface area contributed by atoms with Gasteiger partial charge in [-0.25, -0.2) is 4.68 Å². The molecule has 0 fully saturated rings. The van der Waals surface area contributed by atoms with Crippen molar-refractivity contribution in [1.29, 1.82) is 0 Å². The van der Waals surface area contributed by atoms with Gasteiger partial charge in [0.2, 0.25) is 0 Å². The molecule has 0 amide bonds. The SMILES string of the molecule is Cc1cnn(Cc2ccc3ncccc3c2)c1N. The van der Waals surface area contributed by atoms with Crippen molar-refractivity contribution in [1.82, 2.24) is 14.8 Å². The number of hydrogen-bond donors (Lipinski definition) is 1. The molecule has 0 atom stereocenters. The second kappa shape index (κ2) is 4.14. The second-order valence-corrected chi connectivity index (χ2v) is 4.40. The molecule has 4 nitrogen and oxygen atoms in total. The van der Waals surface area contributed by atoms with Crippen molar-refractivity contribution in [2.45, 2.75) is 13.5 Å². The molecule has 0 aliphatic carbocycles. The summed E-state index contributed by atoms with van der Waals surface area (Å²) in [7, 11) is 0. The van der Waals surface area contributed by atoms with Crippen LogP contribution in [0, 0.1) is 6.92 Å². The minimum absolute atomic E-state index is 0.685. The van der Waals surface area contributed by atoms with Crippen molar-refractivity contribution >= 4 is 16.7 Å². The van der Waals surface area contributed by atoms with Crippen LogP contribution in [0.2, 0.25) is 0 Å². The van der Waals surface area contributed by atoms with E-state index in [2.05, 4.69) is 28.3 Å². The van der Waals surface area contributed by atoms with E-state index in [0.29, 0.717) is 6.54 Å². The van der Waals surface area contributed by atoms with Crippen LogP contribution in [0.15, 0.2) is 42.7 Å². The van der Waals surface area contributed by atoms with E-state index >= 15 is 0 Å². The summed E-state index contributed by atoms with van der Waals surface area (Å²) in [5.41, 5.74) is 9.14. The third-order valence-corrected chi connectivity index (χ3v) is 3.07. The molecule has 0 spiro atoms. The summed E-state index contributed by atoms with van der Waals surface area (Å²) in [6.07, 6.45) is 3.59. The zero-order valence-electron chi connectivity index (χ0n) is 10.2. The molecule has 0 unspecified atom stereocenters. The van der Waals surface area contributed by atoms with Gasteiger partial charge in [0.05, 0.1) is 18.3 Å². The fourth-order valence-electron chi connectivity index (χ4n) is 2.01. The highest BCUT2D eigenvalue weighted by Gasteiger charge is 2.04. The Morgan fingerprint density at radius 2 is 2.17 bits per heavy atom. The second-order valence-electron chi connectivity index (χ2n) is 4.40. The molecule has 2 N–H and O–H groups in total. The summed E-state index contributed by atoms with van der Waals surface area (Å²) in [6.45, 7) is 2.65. The molecule has 0 aliphatic heterocycles. The van der Waals surface area contributed by atoms with Gasteiger partial charge in [0.1, 0.15) is 5.82 Å². The van der Waals surface area contributed by atoms with E-state index in [0.717, 1.165) is 22.3 Å². The van der Waals surface area contributed by atoms with E-state index < -0.39 is 0 Å². The number of anilines is 1. The highest BCUT2D eigenvalue weighted by molar-refractivity contribution is 5.78. The molecular weight excluding hydrogens is 224 g/mol. The van der Waals surface area contributed by atoms with Crippen LogP contribution in [0.3, 0.4) is 0 Å². The Hall–Kier alpha value is -2.36. The summed E-state index contributed by atoms with van der Waals surface area (Å²) in [5, 5.41) is 5.40. The molecule has 2 aromatic heterocycles. The number of fused-ring (bicyclic) bond motifs is 1. The fourth-order valence-corrected chi connectivity index (χ4v) is 2.01. The number of aryl methyl sites for hydroxylation is 1. The first kappa shape index (κ1) is 10.8. The maximum Gasteiger partial charge on any atom is 0.124 e. The number of nitrogens with two attached hydrogens (primary N) is 1. The lowest BCUT2D eigenvalue weighted by Gasteiger charge is -2.06. The van der Waals surface area contributed by atoms with Crippen molar-refractivity contribution < 1.29 is 0 Å². The van der Waals surface area contributed by atoms with Gasteiger partial charge < -0.3 is 5.73 Å². The lowest BCUT2D eigenvalue weighted by molar-refractivity contribution is 0.697. The fraction of sp³-hybridized carbons (Fsp3) is 0.143. The van der Waals surface area contributed by atoms with Crippen molar-refractivity contribution in [3.8, 4) is 0 Å². The molecule has 3 rings (SSSR count). The number of aromatic nitrogens is 3. The molecule has 0 saturated heterocycles. The predicted molar refractivity (Wildman–Crippen MR) is 72.2 cm³/mol. The lowest BCUT2D eigenvalue weighted by atomic mass is 10.1. The average molecular weight is 238 g/mol. The topological polar surface area (TPSA) is 56.7 Å². The Kier molecular flexibility index (Phi) is 2.48. The monoisotopic (exact) mass is 238 g/mol. The van der Waals surface area contributed by atoms with E-state index in [1.807, 2.05) is 23.7 Å². The molecule has 2 heterocycles. The van der Waals surface area contributed by atoms with Crippen LogP contribution in [0.5, 0.6) is 0 Å². The Bertz CT molecular complexity index is 700. The molecule has 4 heteroatoms. The van der Waals surface area contributed by atoms with Crippen LogP contribution in [-0.2, 0) is 6.54 Å². The molecule has 18 heavy (non-hydrogen) atoms. The Balaban J connectivity index is 1.98. The van der Waals surface area contributed by atoms with E-state index in [4.69, 9.17) is 5.73 Å². The number of rotatable bonds is 2. The van der Waals surface area contributed by atoms with Crippen LogP contribution >= 0.6 is 0 Å². The van der Waals surface area contributed by atoms with Gasteiger partial charge in [-0.3, -0.25) is 4.98 Å². The van der Waals surface area contributed by atoms with Crippen LogP contribution in [-0.4, -0.2) is 14.8 Å². The highest BCUT2D eigenvalue weighted by Crippen LogP contribution is 2.16. The van der Waals surface area contributed by atoms with Crippen molar-refractivity contribution in [3.05, 3.63) is 53.9 Å².